The van der Waals surface area contributed by atoms with Crippen LogP contribution < -0.4 is 31.6 Å². The van der Waals surface area contributed by atoms with E-state index < -0.39 is 54.6 Å². The number of aliphatic imine (C=N–C) groups is 1. The van der Waals surface area contributed by atoms with Crippen LogP contribution in [0, 0.1) is 0 Å². The third-order valence-electron chi connectivity index (χ3n) is 8.19. The summed E-state index contributed by atoms with van der Waals surface area (Å²) in [6.07, 6.45) is -2.06. The van der Waals surface area contributed by atoms with Crippen molar-refractivity contribution in [1.82, 2.24) is 10.6 Å². The second kappa shape index (κ2) is 13.5. The Labute approximate surface area is 263 Å². The van der Waals surface area contributed by atoms with E-state index in [1.807, 2.05) is 6.08 Å². The minimum absolute atomic E-state index is 0.0131. The summed E-state index contributed by atoms with van der Waals surface area (Å²) in [5.74, 6) is -1.83. The second-order valence-electron chi connectivity index (χ2n) is 11.0. The molecule has 2 aromatic carbocycles. The van der Waals surface area contributed by atoms with Crippen LogP contribution >= 0.6 is 0 Å². The van der Waals surface area contributed by atoms with Crippen molar-refractivity contribution in [3.8, 4) is 17.2 Å². The summed E-state index contributed by atoms with van der Waals surface area (Å²) in [5, 5.41) is 58.1. The zero-order chi connectivity index (χ0) is 33.3. The fourth-order valence-corrected chi connectivity index (χ4v) is 5.59. The summed E-state index contributed by atoms with van der Waals surface area (Å²) < 4.78 is 16.6. The van der Waals surface area contributed by atoms with Crippen molar-refractivity contribution in [2.45, 2.75) is 56.3 Å². The number of fused-ring (bicyclic) bond motifs is 2. The summed E-state index contributed by atoms with van der Waals surface area (Å²) in [4.78, 5) is 32.1. The number of rotatable bonds is 9. The number of benzene rings is 2. The highest BCUT2D eigenvalue weighted by Gasteiger charge is 2.46. The van der Waals surface area contributed by atoms with E-state index in [0.29, 0.717) is 24.0 Å². The fraction of sp³-hybridized carbons (Fsp3) is 0.387. The fourth-order valence-electron chi connectivity index (χ4n) is 5.59. The number of phenols is 1. The molecule has 0 saturated carbocycles. The van der Waals surface area contributed by atoms with Gasteiger partial charge in [0.2, 0.25) is 12.1 Å². The Kier molecular flexibility index (Phi) is 9.62. The molecule has 3 aliphatic rings. The molecule has 6 atom stereocenters. The van der Waals surface area contributed by atoms with Crippen molar-refractivity contribution < 1.29 is 49.3 Å². The van der Waals surface area contributed by atoms with E-state index in [1.165, 1.54) is 26.3 Å². The highest BCUT2D eigenvalue weighted by molar-refractivity contribution is 6.30. The van der Waals surface area contributed by atoms with Crippen molar-refractivity contribution in [3.63, 3.8) is 0 Å². The zero-order valence-electron chi connectivity index (χ0n) is 25.1. The van der Waals surface area contributed by atoms with Crippen molar-refractivity contribution in [1.29, 1.82) is 0 Å². The average Bonchev–Trinajstić information content (AvgIpc) is 3.05. The second-order valence-corrected chi connectivity index (χ2v) is 11.0. The molecular weight excluding hydrogens is 602 g/mol. The number of carbonyl (C=O) groups is 2. The Bertz CT molecular complexity index is 1620. The number of aryl methyl sites for hydroxylation is 1. The molecule has 5 rings (SSSR count). The van der Waals surface area contributed by atoms with Crippen LogP contribution in [0.2, 0.25) is 0 Å². The van der Waals surface area contributed by atoms with Gasteiger partial charge in [0.1, 0.15) is 41.7 Å². The Morgan fingerprint density at radius 1 is 1.07 bits per heavy atom. The van der Waals surface area contributed by atoms with Crippen molar-refractivity contribution in [2.75, 3.05) is 20.8 Å². The first-order valence-electron chi connectivity index (χ1n) is 14.5. The van der Waals surface area contributed by atoms with Gasteiger partial charge in [-0.25, -0.2) is 0 Å². The smallest absolute Gasteiger partial charge is 0.229 e. The number of nitrogens with one attached hydrogen (secondary N) is 2. The van der Waals surface area contributed by atoms with Crippen LogP contribution in [0.1, 0.15) is 49.4 Å². The average molecular weight is 640 g/mol. The van der Waals surface area contributed by atoms with Gasteiger partial charge in [0.05, 0.1) is 31.0 Å². The molecule has 2 aliphatic heterocycles. The molecule has 15 heteroatoms. The zero-order valence-corrected chi connectivity index (χ0v) is 25.1. The van der Waals surface area contributed by atoms with Crippen molar-refractivity contribution in [3.05, 3.63) is 75.5 Å². The van der Waals surface area contributed by atoms with Crippen LogP contribution in [0.5, 0.6) is 17.2 Å². The van der Waals surface area contributed by atoms with Crippen LogP contribution in [0.3, 0.4) is 0 Å². The van der Waals surface area contributed by atoms with Gasteiger partial charge in [-0.2, -0.15) is 0 Å². The van der Waals surface area contributed by atoms with E-state index in [9.17, 15) is 35.1 Å². The van der Waals surface area contributed by atoms with E-state index in [0.717, 1.165) is 5.57 Å². The first-order valence-corrected chi connectivity index (χ1v) is 14.5. The molecule has 246 valence electrons. The molecule has 2 aromatic rings. The van der Waals surface area contributed by atoms with Crippen molar-refractivity contribution >= 4 is 17.5 Å². The summed E-state index contributed by atoms with van der Waals surface area (Å²) in [6, 6.07) is 4.21. The van der Waals surface area contributed by atoms with E-state index in [-0.39, 0.29) is 52.4 Å². The minimum Gasteiger partial charge on any atom is -0.507 e. The number of nitrogens with zero attached hydrogens (tertiary/aromatic N) is 1. The maximum Gasteiger partial charge on any atom is 0.229 e. The maximum absolute atomic E-state index is 14.2. The van der Waals surface area contributed by atoms with Crippen molar-refractivity contribution in [2.24, 2.45) is 16.5 Å². The molecule has 1 saturated heterocycles. The van der Waals surface area contributed by atoms with Gasteiger partial charge < -0.3 is 61.8 Å². The lowest BCUT2D eigenvalue weighted by atomic mass is 9.80. The van der Waals surface area contributed by atoms with Crippen LogP contribution in [0.15, 0.2) is 47.1 Å². The first-order chi connectivity index (χ1) is 22.0. The molecule has 0 bridgehead atoms. The van der Waals surface area contributed by atoms with Crippen LogP contribution in [0.25, 0.3) is 0 Å². The quantitative estimate of drug-likeness (QED) is 0.0970. The highest BCUT2D eigenvalue weighted by Crippen LogP contribution is 2.42. The number of aromatic hydroxyl groups is 1. The monoisotopic (exact) mass is 639 g/mol. The Morgan fingerprint density at radius 3 is 2.46 bits per heavy atom. The molecule has 1 aliphatic carbocycles. The molecule has 11 N–H and O–H groups in total. The van der Waals surface area contributed by atoms with E-state index in [4.69, 9.17) is 25.7 Å². The number of hydrogen-bond acceptors (Lipinski definition) is 13. The van der Waals surface area contributed by atoms with Gasteiger partial charge >= 0.3 is 0 Å². The van der Waals surface area contributed by atoms with Gasteiger partial charge in [-0.3, -0.25) is 14.6 Å². The number of dihydropyridines is 1. The van der Waals surface area contributed by atoms with Gasteiger partial charge in [0, 0.05) is 42.5 Å². The normalized spacial score (nSPS) is 25.7. The summed E-state index contributed by atoms with van der Waals surface area (Å²) in [6.45, 7) is -0.718. The number of hydrogen-bond donors (Lipinski definition) is 9. The first kappa shape index (κ1) is 32.9. The predicted octanol–water partition coefficient (Wildman–Crippen LogP) is -1.35. The number of ketones is 2. The Balaban J connectivity index is 1.57. The van der Waals surface area contributed by atoms with Crippen LogP contribution in [-0.2, 0) is 17.7 Å². The number of allylic oxidation sites excluding steroid dienone is 2. The van der Waals surface area contributed by atoms with Gasteiger partial charge in [-0.15, -0.1) is 0 Å². The largest absolute Gasteiger partial charge is 0.507 e. The molecular formula is C31H37N5O10. The number of nitrogens with two attached hydrogens (primary N) is 2. The van der Waals surface area contributed by atoms with Crippen LogP contribution in [0.4, 0.5) is 0 Å². The molecule has 0 aromatic heterocycles. The molecule has 0 amide bonds. The third kappa shape index (κ3) is 6.16. The van der Waals surface area contributed by atoms with Gasteiger partial charge in [-0.1, -0.05) is 6.08 Å². The van der Waals surface area contributed by atoms with E-state index in [2.05, 4.69) is 15.6 Å². The summed E-state index contributed by atoms with van der Waals surface area (Å²) in [5.41, 5.74) is 12.9. The number of aliphatic hydroxyl groups is 4. The molecule has 2 heterocycles. The lowest BCUT2D eigenvalue weighted by Gasteiger charge is -2.39. The summed E-state index contributed by atoms with van der Waals surface area (Å²) >= 11 is 0. The Morgan fingerprint density at radius 2 is 1.80 bits per heavy atom. The Hall–Kier alpha value is -4.51. The SMILES string of the molecule is CN=C(N)NCc1c(CCC2=CNC(N)C=C2)cc2c(c1O)C(=O)c1c(OC3OC(CO)C(O)C(O)C3O)cc(OC)cc1C2=O. The van der Waals surface area contributed by atoms with E-state index in [1.54, 1.807) is 18.3 Å². The topological polar surface area (TPSA) is 251 Å². The molecule has 0 spiro atoms. The van der Waals surface area contributed by atoms with Gasteiger partial charge in [0.25, 0.3) is 0 Å². The molecule has 6 unspecified atom stereocenters. The van der Waals surface area contributed by atoms with E-state index >= 15 is 0 Å². The van der Waals surface area contributed by atoms with Crippen LogP contribution in [-0.4, -0.2) is 101 Å². The van der Waals surface area contributed by atoms with Gasteiger partial charge in [0.15, 0.2) is 11.7 Å². The molecule has 1 fully saturated rings. The lowest BCUT2D eigenvalue weighted by molar-refractivity contribution is -0.277. The summed E-state index contributed by atoms with van der Waals surface area (Å²) in [7, 11) is 2.83. The third-order valence-corrected chi connectivity index (χ3v) is 8.19. The lowest BCUT2D eigenvalue weighted by Crippen LogP contribution is -2.60. The van der Waals surface area contributed by atoms with Gasteiger partial charge in [-0.05, 0) is 42.2 Å². The number of methoxy groups -OCH3 is 1. The number of phenolic OH excluding ortho intramolecular Hbond substituents is 1. The number of guanidine groups is 1. The number of aliphatic hydroxyl groups excluding tert-OH is 4. The number of carbonyl (C=O) groups excluding carboxylic acids is 2. The predicted molar refractivity (Wildman–Crippen MR) is 163 cm³/mol. The molecule has 0 radical (unpaired) electrons. The minimum atomic E-state index is -1.79. The number of ether oxygens (including phenoxy) is 3. The maximum atomic E-state index is 14.2. The molecule has 15 nitrogen and oxygen atoms in total. The molecule has 46 heavy (non-hydrogen) atoms. The highest BCUT2D eigenvalue weighted by atomic mass is 16.7. The standard InChI is InChI=1S/C31H37N5O10/c1-34-31(33)36-11-18-14(5-3-13-4-6-21(32)35-10-13)7-16-23(25(18)39)27(41)22-17(24(16)38)8-15(44-2)9-19(22)45-30-29(43)28(42)26(40)20(12-37)46-30/h4,6-10,20-21,26,28-30,35,37,39-40,42-43H,3,5,11-12,32H2,1-2H3,(H3,33,34,36).